The highest BCUT2D eigenvalue weighted by Crippen LogP contribution is 2.24. The molecule has 5 nitrogen and oxygen atoms in total. The zero-order chi connectivity index (χ0) is 17.1. The maximum atomic E-state index is 4.51. The van der Waals surface area contributed by atoms with Gasteiger partial charge in [-0.25, -0.2) is 0 Å². The lowest BCUT2D eigenvalue weighted by Gasteiger charge is -2.12. The molecule has 122 valence electrons. The van der Waals surface area contributed by atoms with Crippen molar-refractivity contribution < 1.29 is 0 Å². The SMILES string of the molecule is Cc1cc(C)cc(Nc2nncc(Nc3c(C)cccc3C)n2)c1. The number of anilines is 4. The van der Waals surface area contributed by atoms with Gasteiger partial charge in [-0.05, 0) is 62.1 Å². The van der Waals surface area contributed by atoms with Crippen molar-refractivity contribution in [2.24, 2.45) is 0 Å². The number of aryl methyl sites for hydroxylation is 4. The third-order valence-electron chi connectivity index (χ3n) is 3.77. The first-order valence-electron chi connectivity index (χ1n) is 7.89. The van der Waals surface area contributed by atoms with Crippen LogP contribution in [0.15, 0.2) is 42.6 Å². The van der Waals surface area contributed by atoms with Crippen molar-refractivity contribution >= 4 is 23.1 Å². The van der Waals surface area contributed by atoms with Crippen molar-refractivity contribution in [3.8, 4) is 0 Å². The van der Waals surface area contributed by atoms with Gasteiger partial charge >= 0.3 is 0 Å². The van der Waals surface area contributed by atoms with Crippen molar-refractivity contribution in [2.75, 3.05) is 10.6 Å². The topological polar surface area (TPSA) is 62.7 Å². The molecule has 0 amide bonds. The highest BCUT2D eigenvalue weighted by atomic mass is 15.3. The van der Waals surface area contributed by atoms with E-state index in [0.717, 1.165) is 22.5 Å². The minimum absolute atomic E-state index is 0.469. The number of hydrogen-bond acceptors (Lipinski definition) is 5. The van der Waals surface area contributed by atoms with Gasteiger partial charge < -0.3 is 10.6 Å². The van der Waals surface area contributed by atoms with Crippen LogP contribution in [-0.2, 0) is 0 Å². The Labute approximate surface area is 142 Å². The van der Waals surface area contributed by atoms with Gasteiger partial charge in [0, 0.05) is 11.4 Å². The molecule has 24 heavy (non-hydrogen) atoms. The third-order valence-corrected chi connectivity index (χ3v) is 3.77. The van der Waals surface area contributed by atoms with Crippen LogP contribution in [-0.4, -0.2) is 15.2 Å². The van der Waals surface area contributed by atoms with E-state index in [0.29, 0.717) is 11.8 Å². The van der Waals surface area contributed by atoms with Crippen LogP contribution in [0.3, 0.4) is 0 Å². The maximum absolute atomic E-state index is 4.51. The van der Waals surface area contributed by atoms with Gasteiger partial charge in [0.2, 0.25) is 5.95 Å². The number of rotatable bonds is 4. The zero-order valence-electron chi connectivity index (χ0n) is 14.4. The number of para-hydroxylation sites is 1. The van der Waals surface area contributed by atoms with E-state index in [1.807, 2.05) is 6.07 Å². The monoisotopic (exact) mass is 319 g/mol. The summed E-state index contributed by atoms with van der Waals surface area (Å²) in [5.74, 6) is 1.13. The third kappa shape index (κ3) is 3.68. The number of benzene rings is 2. The fourth-order valence-electron chi connectivity index (χ4n) is 2.73. The molecule has 3 rings (SSSR count). The molecule has 5 heteroatoms. The molecule has 0 bridgehead atoms. The summed E-state index contributed by atoms with van der Waals surface area (Å²) in [7, 11) is 0. The van der Waals surface area contributed by atoms with E-state index < -0.39 is 0 Å². The van der Waals surface area contributed by atoms with Gasteiger partial charge in [-0.3, -0.25) is 0 Å². The molecule has 0 saturated carbocycles. The van der Waals surface area contributed by atoms with E-state index >= 15 is 0 Å². The summed E-state index contributed by atoms with van der Waals surface area (Å²) in [6.45, 7) is 8.27. The number of hydrogen-bond donors (Lipinski definition) is 2. The Morgan fingerprint density at radius 3 is 2.17 bits per heavy atom. The van der Waals surface area contributed by atoms with E-state index in [1.54, 1.807) is 6.20 Å². The average molecular weight is 319 g/mol. The van der Waals surface area contributed by atoms with E-state index in [2.05, 4.69) is 83.8 Å². The van der Waals surface area contributed by atoms with Crippen LogP contribution in [0.2, 0.25) is 0 Å². The largest absolute Gasteiger partial charge is 0.338 e. The van der Waals surface area contributed by atoms with Crippen molar-refractivity contribution in [3.05, 3.63) is 64.8 Å². The van der Waals surface area contributed by atoms with Crippen LogP contribution in [0.4, 0.5) is 23.1 Å². The second-order valence-electron chi connectivity index (χ2n) is 6.06. The smallest absolute Gasteiger partial charge is 0.249 e. The first-order chi connectivity index (χ1) is 11.5. The molecule has 0 radical (unpaired) electrons. The summed E-state index contributed by atoms with van der Waals surface area (Å²) in [6, 6.07) is 12.4. The van der Waals surface area contributed by atoms with Crippen molar-refractivity contribution in [1.82, 2.24) is 15.2 Å². The van der Waals surface area contributed by atoms with Crippen LogP contribution >= 0.6 is 0 Å². The predicted octanol–water partition coefficient (Wildman–Crippen LogP) is 4.59. The normalized spacial score (nSPS) is 10.5. The zero-order valence-corrected chi connectivity index (χ0v) is 14.4. The van der Waals surface area contributed by atoms with Gasteiger partial charge in [0.05, 0.1) is 6.20 Å². The quantitative estimate of drug-likeness (QED) is 0.736. The van der Waals surface area contributed by atoms with Crippen LogP contribution < -0.4 is 10.6 Å². The minimum atomic E-state index is 0.469. The minimum Gasteiger partial charge on any atom is -0.338 e. The first kappa shape index (κ1) is 15.9. The molecule has 0 fully saturated rings. The second kappa shape index (κ2) is 6.66. The molecule has 0 unspecified atom stereocenters. The molecule has 1 heterocycles. The average Bonchev–Trinajstić information content (AvgIpc) is 2.50. The molecule has 2 aromatic carbocycles. The molecule has 3 aromatic rings. The lowest BCUT2D eigenvalue weighted by atomic mass is 10.1. The Kier molecular flexibility index (Phi) is 4.42. The Hall–Kier alpha value is -2.95. The van der Waals surface area contributed by atoms with Gasteiger partial charge in [0.15, 0.2) is 5.82 Å². The van der Waals surface area contributed by atoms with Gasteiger partial charge in [0.25, 0.3) is 0 Å². The summed E-state index contributed by atoms with van der Waals surface area (Å²) >= 11 is 0. The molecule has 0 aliphatic heterocycles. The maximum Gasteiger partial charge on any atom is 0.249 e. The van der Waals surface area contributed by atoms with E-state index in [1.165, 1.54) is 11.1 Å². The van der Waals surface area contributed by atoms with Gasteiger partial charge in [0.1, 0.15) is 0 Å². The Balaban J connectivity index is 1.84. The Morgan fingerprint density at radius 1 is 0.833 bits per heavy atom. The highest BCUT2D eigenvalue weighted by Gasteiger charge is 2.06. The predicted molar refractivity (Wildman–Crippen MR) is 98.2 cm³/mol. The van der Waals surface area contributed by atoms with E-state index in [4.69, 9.17) is 0 Å². The standard InChI is InChI=1S/C19H21N5/c1-12-8-13(2)10-16(9-12)21-19-23-17(11-20-24-19)22-18-14(3)6-5-7-15(18)4/h5-11H,1-4H3,(H2,21,22,23,24). The van der Waals surface area contributed by atoms with Crippen LogP contribution in [0.5, 0.6) is 0 Å². The van der Waals surface area contributed by atoms with Crippen molar-refractivity contribution in [1.29, 1.82) is 0 Å². The fraction of sp³-hybridized carbons (Fsp3) is 0.211. The summed E-state index contributed by atoms with van der Waals surface area (Å²) in [4.78, 5) is 4.51. The molecule has 0 aliphatic carbocycles. The summed E-state index contributed by atoms with van der Waals surface area (Å²) in [6.07, 6.45) is 1.62. The van der Waals surface area contributed by atoms with Gasteiger partial charge in [-0.15, -0.1) is 5.10 Å². The molecule has 0 spiro atoms. The van der Waals surface area contributed by atoms with Crippen molar-refractivity contribution in [2.45, 2.75) is 27.7 Å². The molecule has 0 aliphatic rings. The van der Waals surface area contributed by atoms with Crippen molar-refractivity contribution in [3.63, 3.8) is 0 Å². The van der Waals surface area contributed by atoms with Crippen LogP contribution in [0.25, 0.3) is 0 Å². The van der Waals surface area contributed by atoms with E-state index in [9.17, 15) is 0 Å². The van der Waals surface area contributed by atoms with Crippen LogP contribution in [0.1, 0.15) is 22.3 Å². The van der Waals surface area contributed by atoms with E-state index in [-0.39, 0.29) is 0 Å². The number of nitrogens with zero attached hydrogens (tertiary/aromatic N) is 3. The summed E-state index contributed by atoms with van der Waals surface area (Å²) in [5.41, 5.74) is 6.72. The second-order valence-corrected chi connectivity index (χ2v) is 6.06. The summed E-state index contributed by atoms with van der Waals surface area (Å²) < 4.78 is 0. The lowest BCUT2D eigenvalue weighted by molar-refractivity contribution is 0.981. The van der Waals surface area contributed by atoms with Gasteiger partial charge in [-0.2, -0.15) is 10.1 Å². The summed E-state index contributed by atoms with van der Waals surface area (Å²) in [5, 5.41) is 14.7. The molecular weight excluding hydrogens is 298 g/mol. The molecule has 2 N–H and O–H groups in total. The van der Waals surface area contributed by atoms with Gasteiger partial charge in [-0.1, -0.05) is 24.3 Å². The molecule has 1 aromatic heterocycles. The lowest BCUT2D eigenvalue weighted by Crippen LogP contribution is -2.04. The number of nitrogens with one attached hydrogen (secondary N) is 2. The van der Waals surface area contributed by atoms with Crippen LogP contribution in [0, 0.1) is 27.7 Å². The number of aromatic nitrogens is 3. The molecule has 0 saturated heterocycles. The Morgan fingerprint density at radius 2 is 1.50 bits per heavy atom. The fourth-order valence-corrected chi connectivity index (χ4v) is 2.73. The Bertz CT molecular complexity index is 833. The molecular formula is C19H21N5. The highest BCUT2D eigenvalue weighted by molar-refractivity contribution is 5.65. The first-order valence-corrected chi connectivity index (χ1v) is 7.89. The molecule has 0 atom stereocenters.